The molecule has 3 nitrogen and oxygen atoms in total. The van der Waals surface area contributed by atoms with Crippen LogP contribution in [0.1, 0.15) is 32.6 Å². The molecule has 3 aliphatic rings. The van der Waals surface area contributed by atoms with Crippen molar-refractivity contribution in [2.45, 2.75) is 32.6 Å². The number of hydrogen-bond acceptors (Lipinski definition) is 2. The van der Waals surface area contributed by atoms with E-state index in [1.54, 1.807) is 0 Å². The summed E-state index contributed by atoms with van der Waals surface area (Å²) in [6.45, 7) is 6.41. The van der Waals surface area contributed by atoms with E-state index in [0.717, 1.165) is 39.0 Å². The normalized spacial score (nSPS) is 31.1. The van der Waals surface area contributed by atoms with E-state index in [9.17, 15) is 4.79 Å². The summed E-state index contributed by atoms with van der Waals surface area (Å²) >= 11 is 0. The van der Waals surface area contributed by atoms with Crippen LogP contribution in [-0.4, -0.2) is 37.0 Å². The second-order valence-electron chi connectivity index (χ2n) is 6.00. The molecule has 2 saturated heterocycles. The lowest BCUT2D eigenvalue weighted by Gasteiger charge is -2.53. The number of carbonyl (C=O) groups excluding carboxylic acids is 1. The molecule has 2 aliphatic heterocycles. The molecule has 1 saturated carbocycles. The van der Waals surface area contributed by atoms with Crippen molar-refractivity contribution in [2.24, 2.45) is 10.8 Å². The molecule has 1 N–H and O–H groups in total. The first-order chi connectivity index (χ1) is 7.14. The summed E-state index contributed by atoms with van der Waals surface area (Å²) in [7, 11) is 0. The Morgan fingerprint density at radius 3 is 2.53 bits per heavy atom. The minimum atomic E-state index is 0.0315. The molecule has 0 aromatic carbocycles. The van der Waals surface area contributed by atoms with Gasteiger partial charge in [0.05, 0.1) is 0 Å². The van der Waals surface area contributed by atoms with Crippen molar-refractivity contribution >= 4 is 5.91 Å². The van der Waals surface area contributed by atoms with Gasteiger partial charge in [-0.3, -0.25) is 4.79 Å². The van der Waals surface area contributed by atoms with E-state index in [4.69, 9.17) is 0 Å². The minimum absolute atomic E-state index is 0.0315. The predicted molar refractivity (Wildman–Crippen MR) is 58.5 cm³/mol. The standard InChI is InChI=1S/C12H20N2O/c1-11(4-5-11)10(15)14-8-12(9-14)3-2-6-13-7-12/h13H,2-9H2,1H3. The lowest BCUT2D eigenvalue weighted by atomic mass is 9.73. The summed E-state index contributed by atoms with van der Waals surface area (Å²) in [5.41, 5.74) is 0.475. The van der Waals surface area contributed by atoms with Gasteiger partial charge >= 0.3 is 0 Å². The van der Waals surface area contributed by atoms with Gasteiger partial charge in [-0.1, -0.05) is 6.92 Å². The number of piperidine rings is 1. The second-order valence-corrected chi connectivity index (χ2v) is 6.00. The Balaban J connectivity index is 1.58. The zero-order chi connectivity index (χ0) is 10.5. The highest BCUT2D eigenvalue weighted by molar-refractivity contribution is 5.85. The molecule has 2 heterocycles. The third kappa shape index (κ3) is 1.48. The fourth-order valence-electron chi connectivity index (χ4n) is 2.99. The highest BCUT2D eigenvalue weighted by Gasteiger charge is 2.53. The van der Waals surface area contributed by atoms with Crippen molar-refractivity contribution in [1.29, 1.82) is 0 Å². The van der Waals surface area contributed by atoms with Crippen LogP contribution in [0.5, 0.6) is 0 Å². The van der Waals surface area contributed by atoms with Crippen molar-refractivity contribution in [3.63, 3.8) is 0 Å². The minimum Gasteiger partial charge on any atom is -0.341 e. The first-order valence-corrected chi connectivity index (χ1v) is 6.14. The molecule has 3 rings (SSSR count). The highest BCUT2D eigenvalue weighted by Crippen LogP contribution is 2.49. The zero-order valence-corrected chi connectivity index (χ0v) is 9.51. The topological polar surface area (TPSA) is 32.3 Å². The van der Waals surface area contributed by atoms with Gasteiger partial charge in [-0.15, -0.1) is 0 Å². The van der Waals surface area contributed by atoms with Crippen LogP contribution in [-0.2, 0) is 4.79 Å². The maximum atomic E-state index is 12.0. The van der Waals surface area contributed by atoms with Gasteiger partial charge in [0.2, 0.25) is 5.91 Å². The van der Waals surface area contributed by atoms with E-state index >= 15 is 0 Å². The third-order valence-corrected chi connectivity index (χ3v) is 4.42. The maximum absolute atomic E-state index is 12.0. The average Bonchev–Trinajstić information content (AvgIpc) is 2.94. The van der Waals surface area contributed by atoms with Crippen molar-refractivity contribution in [1.82, 2.24) is 10.2 Å². The monoisotopic (exact) mass is 208 g/mol. The summed E-state index contributed by atoms with van der Waals surface area (Å²) in [5.74, 6) is 0.415. The predicted octanol–water partition coefficient (Wildman–Crippen LogP) is 0.998. The molecule has 3 fully saturated rings. The number of hydrogen-bond donors (Lipinski definition) is 1. The summed E-state index contributed by atoms with van der Waals surface area (Å²) in [6, 6.07) is 0. The number of carbonyl (C=O) groups is 1. The molecule has 0 unspecified atom stereocenters. The van der Waals surface area contributed by atoms with Crippen LogP contribution < -0.4 is 5.32 Å². The lowest BCUT2D eigenvalue weighted by Crippen LogP contribution is -2.64. The van der Waals surface area contributed by atoms with Crippen LogP contribution in [0.2, 0.25) is 0 Å². The quantitative estimate of drug-likeness (QED) is 0.697. The van der Waals surface area contributed by atoms with Crippen LogP contribution in [0.25, 0.3) is 0 Å². The van der Waals surface area contributed by atoms with E-state index in [2.05, 4.69) is 17.1 Å². The Hall–Kier alpha value is -0.570. The Labute approximate surface area is 91.2 Å². The van der Waals surface area contributed by atoms with Crippen molar-refractivity contribution < 1.29 is 4.79 Å². The molecular weight excluding hydrogens is 188 g/mol. The lowest BCUT2D eigenvalue weighted by molar-refractivity contribution is -0.150. The van der Waals surface area contributed by atoms with E-state index < -0.39 is 0 Å². The van der Waals surface area contributed by atoms with E-state index in [1.807, 2.05) is 0 Å². The molecular formula is C12H20N2O. The van der Waals surface area contributed by atoms with Gasteiger partial charge < -0.3 is 10.2 Å². The van der Waals surface area contributed by atoms with Crippen LogP contribution in [0.15, 0.2) is 0 Å². The van der Waals surface area contributed by atoms with Gasteiger partial charge in [-0.2, -0.15) is 0 Å². The fraction of sp³-hybridized carbons (Fsp3) is 0.917. The summed E-state index contributed by atoms with van der Waals surface area (Å²) in [5, 5.41) is 3.45. The molecule has 3 heteroatoms. The Bertz CT molecular complexity index is 282. The maximum Gasteiger partial charge on any atom is 0.228 e. The smallest absolute Gasteiger partial charge is 0.228 e. The second kappa shape index (κ2) is 2.97. The number of amides is 1. The summed E-state index contributed by atoms with van der Waals surface area (Å²) in [6.07, 6.45) is 4.79. The fourth-order valence-corrected chi connectivity index (χ4v) is 2.99. The molecule has 0 radical (unpaired) electrons. The summed E-state index contributed by atoms with van der Waals surface area (Å²) < 4.78 is 0. The van der Waals surface area contributed by atoms with Crippen molar-refractivity contribution in [3.8, 4) is 0 Å². The van der Waals surface area contributed by atoms with Gasteiger partial charge in [0.25, 0.3) is 0 Å². The van der Waals surface area contributed by atoms with Gasteiger partial charge in [-0.05, 0) is 32.2 Å². The number of likely N-dealkylation sites (tertiary alicyclic amines) is 1. The van der Waals surface area contributed by atoms with Gasteiger partial charge in [-0.25, -0.2) is 0 Å². The number of nitrogens with zero attached hydrogens (tertiary/aromatic N) is 1. The van der Waals surface area contributed by atoms with Crippen molar-refractivity contribution in [2.75, 3.05) is 26.2 Å². The largest absolute Gasteiger partial charge is 0.341 e. The van der Waals surface area contributed by atoms with E-state index in [-0.39, 0.29) is 5.41 Å². The third-order valence-electron chi connectivity index (χ3n) is 4.42. The number of nitrogens with one attached hydrogen (secondary N) is 1. The Morgan fingerprint density at radius 1 is 1.27 bits per heavy atom. The first-order valence-electron chi connectivity index (χ1n) is 6.14. The molecule has 0 atom stereocenters. The highest BCUT2D eigenvalue weighted by atomic mass is 16.2. The molecule has 0 aromatic heterocycles. The number of rotatable bonds is 1. The van der Waals surface area contributed by atoms with Gasteiger partial charge in [0, 0.05) is 30.5 Å². The van der Waals surface area contributed by atoms with Crippen LogP contribution in [0.4, 0.5) is 0 Å². The zero-order valence-electron chi connectivity index (χ0n) is 9.51. The van der Waals surface area contributed by atoms with E-state index in [1.165, 1.54) is 12.8 Å². The van der Waals surface area contributed by atoms with Crippen LogP contribution in [0, 0.1) is 10.8 Å². The molecule has 84 valence electrons. The van der Waals surface area contributed by atoms with Gasteiger partial charge in [0.1, 0.15) is 0 Å². The molecule has 0 aromatic rings. The van der Waals surface area contributed by atoms with Crippen LogP contribution in [0.3, 0.4) is 0 Å². The Kier molecular flexibility index (Phi) is 1.91. The van der Waals surface area contributed by atoms with Gasteiger partial charge in [0.15, 0.2) is 0 Å². The first kappa shape index (κ1) is 9.64. The molecule has 0 bridgehead atoms. The average molecular weight is 208 g/mol. The molecule has 1 aliphatic carbocycles. The summed E-state index contributed by atoms with van der Waals surface area (Å²) in [4.78, 5) is 14.1. The molecule has 1 spiro atoms. The Morgan fingerprint density at radius 2 is 2.00 bits per heavy atom. The molecule has 1 amide bonds. The van der Waals surface area contributed by atoms with Crippen LogP contribution >= 0.6 is 0 Å². The SMILES string of the molecule is CC1(C(=O)N2CC3(CCCNC3)C2)CC1. The molecule has 15 heavy (non-hydrogen) atoms. The van der Waals surface area contributed by atoms with Crippen molar-refractivity contribution in [3.05, 3.63) is 0 Å². The van der Waals surface area contributed by atoms with E-state index in [0.29, 0.717) is 11.3 Å².